The maximum atomic E-state index is 12.0. The molecule has 0 unspecified atom stereocenters. The normalized spacial score (nSPS) is 15.1. The standard InChI is InChI=1S/C14H18N2O2S/c1-10(2)11-5-3-4-6-12(11)15-13(17)7-16-9-19-8-14(16)18/h3-6,10H,7-9H2,1-2H3,(H,15,17). The van der Waals surface area contributed by atoms with E-state index in [1.165, 1.54) is 0 Å². The van der Waals surface area contributed by atoms with Gasteiger partial charge < -0.3 is 10.2 Å². The molecule has 0 atom stereocenters. The van der Waals surface area contributed by atoms with Crippen LogP contribution < -0.4 is 5.32 Å². The Morgan fingerprint density at radius 3 is 2.79 bits per heavy atom. The number of nitrogens with zero attached hydrogens (tertiary/aromatic N) is 1. The molecule has 2 rings (SSSR count). The van der Waals surface area contributed by atoms with Crippen LogP contribution in [0.3, 0.4) is 0 Å². The summed E-state index contributed by atoms with van der Waals surface area (Å²) in [5, 5.41) is 2.90. The number of amides is 2. The second-order valence-corrected chi connectivity index (χ2v) is 5.81. The van der Waals surface area contributed by atoms with Crippen molar-refractivity contribution in [3.63, 3.8) is 0 Å². The molecule has 19 heavy (non-hydrogen) atoms. The number of thioether (sulfide) groups is 1. The van der Waals surface area contributed by atoms with E-state index in [2.05, 4.69) is 19.2 Å². The summed E-state index contributed by atoms with van der Waals surface area (Å²) in [6, 6.07) is 7.77. The Hall–Kier alpha value is -1.49. The number of benzene rings is 1. The number of nitrogens with one attached hydrogen (secondary N) is 1. The van der Waals surface area contributed by atoms with E-state index in [0.29, 0.717) is 17.5 Å². The predicted molar refractivity (Wildman–Crippen MR) is 78.2 cm³/mol. The third-order valence-electron chi connectivity index (χ3n) is 3.02. The van der Waals surface area contributed by atoms with Gasteiger partial charge in [-0.15, -0.1) is 11.8 Å². The number of para-hydroxylation sites is 1. The Bertz CT molecular complexity index is 488. The van der Waals surface area contributed by atoms with Crippen molar-refractivity contribution in [3.8, 4) is 0 Å². The molecule has 2 amide bonds. The van der Waals surface area contributed by atoms with Crippen LogP contribution in [-0.2, 0) is 9.59 Å². The smallest absolute Gasteiger partial charge is 0.244 e. The molecule has 0 spiro atoms. The molecular formula is C14H18N2O2S. The average molecular weight is 278 g/mol. The molecule has 1 aromatic carbocycles. The number of hydrogen-bond acceptors (Lipinski definition) is 3. The van der Waals surface area contributed by atoms with E-state index >= 15 is 0 Å². The van der Waals surface area contributed by atoms with Crippen molar-refractivity contribution in [1.29, 1.82) is 0 Å². The van der Waals surface area contributed by atoms with E-state index in [-0.39, 0.29) is 18.4 Å². The van der Waals surface area contributed by atoms with Gasteiger partial charge in [0.25, 0.3) is 0 Å². The molecular weight excluding hydrogens is 260 g/mol. The first-order valence-corrected chi connectivity index (χ1v) is 7.47. The monoisotopic (exact) mass is 278 g/mol. The Morgan fingerprint density at radius 1 is 1.42 bits per heavy atom. The minimum atomic E-state index is -0.135. The molecule has 1 aliphatic heterocycles. The Labute approximate surface area is 117 Å². The summed E-state index contributed by atoms with van der Waals surface area (Å²) >= 11 is 1.54. The van der Waals surface area contributed by atoms with Crippen molar-refractivity contribution in [2.45, 2.75) is 19.8 Å². The van der Waals surface area contributed by atoms with Crippen LogP contribution in [0.1, 0.15) is 25.3 Å². The van der Waals surface area contributed by atoms with Crippen LogP contribution in [0.15, 0.2) is 24.3 Å². The van der Waals surface area contributed by atoms with Gasteiger partial charge in [0.2, 0.25) is 11.8 Å². The van der Waals surface area contributed by atoms with Gasteiger partial charge in [0.15, 0.2) is 0 Å². The summed E-state index contributed by atoms with van der Waals surface area (Å²) in [6.45, 7) is 4.31. The zero-order chi connectivity index (χ0) is 13.8. The van der Waals surface area contributed by atoms with Crippen LogP contribution in [0.5, 0.6) is 0 Å². The zero-order valence-electron chi connectivity index (χ0n) is 11.2. The fourth-order valence-electron chi connectivity index (χ4n) is 2.02. The third-order valence-corrected chi connectivity index (χ3v) is 3.96. The highest BCUT2D eigenvalue weighted by Crippen LogP contribution is 2.23. The molecule has 1 fully saturated rings. The zero-order valence-corrected chi connectivity index (χ0v) is 12.0. The molecule has 1 saturated heterocycles. The van der Waals surface area contributed by atoms with Gasteiger partial charge in [0.05, 0.1) is 11.6 Å². The Kier molecular flexibility index (Phi) is 4.47. The lowest BCUT2D eigenvalue weighted by Crippen LogP contribution is -2.34. The summed E-state index contributed by atoms with van der Waals surface area (Å²) in [5.41, 5.74) is 1.94. The van der Waals surface area contributed by atoms with Crippen molar-refractivity contribution < 1.29 is 9.59 Å². The minimum absolute atomic E-state index is 0.0392. The molecule has 5 heteroatoms. The van der Waals surface area contributed by atoms with E-state index in [1.54, 1.807) is 16.7 Å². The van der Waals surface area contributed by atoms with Gasteiger partial charge in [-0.1, -0.05) is 32.0 Å². The predicted octanol–water partition coefficient (Wildman–Crippen LogP) is 2.28. The summed E-state index contributed by atoms with van der Waals surface area (Å²) in [7, 11) is 0. The van der Waals surface area contributed by atoms with Crippen LogP contribution in [0.2, 0.25) is 0 Å². The molecule has 1 aromatic rings. The average Bonchev–Trinajstić information content (AvgIpc) is 2.75. The van der Waals surface area contributed by atoms with Crippen LogP contribution >= 0.6 is 11.8 Å². The van der Waals surface area contributed by atoms with Gasteiger partial charge in [-0.3, -0.25) is 9.59 Å². The maximum absolute atomic E-state index is 12.0. The third kappa shape index (κ3) is 3.50. The summed E-state index contributed by atoms with van der Waals surface area (Å²) in [5.74, 6) is 1.34. The van der Waals surface area contributed by atoms with Gasteiger partial charge >= 0.3 is 0 Å². The number of rotatable bonds is 4. The number of carbonyl (C=O) groups excluding carboxylic acids is 2. The number of hydrogen-bond donors (Lipinski definition) is 1. The van der Waals surface area contributed by atoms with Crippen molar-refractivity contribution in [1.82, 2.24) is 4.90 Å². The van der Waals surface area contributed by atoms with Crippen LogP contribution in [0.4, 0.5) is 5.69 Å². The molecule has 0 bridgehead atoms. The highest BCUT2D eigenvalue weighted by molar-refractivity contribution is 8.00. The summed E-state index contributed by atoms with van der Waals surface area (Å²) in [4.78, 5) is 25.0. The van der Waals surface area contributed by atoms with Crippen molar-refractivity contribution in [3.05, 3.63) is 29.8 Å². The van der Waals surface area contributed by atoms with Gasteiger partial charge in [-0.25, -0.2) is 0 Å². The number of anilines is 1. The SMILES string of the molecule is CC(C)c1ccccc1NC(=O)CN1CSCC1=O. The molecule has 4 nitrogen and oxygen atoms in total. The largest absolute Gasteiger partial charge is 0.324 e. The van der Waals surface area contributed by atoms with Crippen molar-refractivity contribution >= 4 is 29.3 Å². The molecule has 0 aromatic heterocycles. The van der Waals surface area contributed by atoms with Crippen molar-refractivity contribution in [2.24, 2.45) is 0 Å². The van der Waals surface area contributed by atoms with E-state index < -0.39 is 0 Å². The van der Waals surface area contributed by atoms with Crippen LogP contribution in [-0.4, -0.2) is 34.9 Å². The lowest BCUT2D eigenvalue weighted by molar-refractivity contribution is -0.130. The quantitative estimate of drug-likeness (QED) is 0.919. The Balaban J connectivity index is 2.01. The first kappa shape index (κ1) is 13.9. The van der Waals surface area contributed by atoms with Gasteiger partial charge in [-0.05, 0) is 17.5 Å². The van der Waals surface area contributed by atoms with Gasteiger partial charge in [-0.2, -0.15) is 0 Å². The van der Waals surface area contributed by atoms with Crippen molar-refractivity contribution in [2.75, 3.05) is 23.5 Å². The van der Waals surface area contributed by atoms with E-state index in [1.807, 2.05) is 24.3 Å². The lowest BCUT2D eigenvalue weighted by atomic mass is 10.0. The number of carbonyl (C=O) groups is 2. The lowest BCUT2D eigenvalue weighted by Gasteiger charge is -2.17. The molecule has 102 valence electrons. The Morgan fingerprint density at radius 2 is 2.16 bits per heavy atom. The van der Waals surface area contributed by atoms with Gasteiger partial charge in [0, 0.05) is 5.69 Å². The highest BCUT2D eigenvalue weighted by atomic mass is 32.2. The summed E-state index contributed by atoms with van der Waals surface area (Å²) in [6.07, 6.45) is 0. The molecule has 1 aliphatic rings. The second-order valence-electron chi connectivity index (χ2n) is 4.86. The maximum Gasteiger partial charge on any atom is 0.244 e. The fourth-order valence-corrected chi connectivity index (χ4v) is 2.92. The summed E-state index contributed by atoms with van der Waals surface area (Å²) < 4.78 is 0. The fraction of sp³-hybridized carbons (Fsp3) is 0.429. The van der Waals surface area contributed by atoms with E-state index in [9.17, 15) is 9.59 Å². The highest BCUT2D eigenvalue weighted by Gasteiger charge is 2.23. The molecule has 1 heterocycles. The van der Waals surface area contributed by atoms with Crippen LogP contribution in [0, 0.1) is 0 Å². The van der Waals surface area contributed by atoms with Gasteiger partial charge in [0.1, 0.15) is 6.54 Å². The van der Waals surface area contributed by atoms with Crippen LogP contribution in [0.25, 0.3) is 0 Å². The first-order valence-electron chi connectivity index (χ1n) is 6.32. The molecule has 1 N–H and O–H groups in total. The topological polar surface area (TPSA) is 49.4 Å². The first-order chi connectivity index (χ1) is 9.08. The molecule has 0 aliphatic carbocycles. The minimum Gasteiger partial charge on any atom is -0.324 e. The molecule has 0 saturated carbocycles. The second kappa shape index (κ2) is 6.10. The van der Waals surface area contributed by atoms with E-state index in [4.69, 9.17) is 0 Å². The molecule has 0 radical (unpaired) electrons. The van der Waals surface area contributed by atoms with E-state index in [0.717, 1.165) is 11.3 Å².